The number of aliphatic hydroxyl groups is 1. The molecule has 1 saturated carbocycles. The summed E-state index contributed by atoms with van der Waals surface area (Å²) in [5.74, 6) is -0.148. The van der Waals surface area contributed by atoms with Crippen molar-refractivity contribution in [3.8, 4) is 0 Å². The van der Waals surface area contributed by atoms with Crippen molar-refractivity contribution >= 4 is 22.5 Å². The van der Waals surface area contributed by atoms with Gasteiger partial charge in [0.1, 0.15) is 5.69 Å². The minimum absolute atomic E-state index is 0.132. The fourth-order valence-electron chi connectivity index (χ4n) is 3.18. The number of carbonyl (C=O) groups excluding carboxylic acids is 1. The standard InChI is InChI=1S/C16H21N3O2/c17-12-5-3-4-11-8-13(19-14(11)12)15(21)18-9-16(10-20)6-1-2-7-16/h3-5,8,19-20H,1-2,6-7,9-10,17H2,(H,18,21). The fraction of sp³-hybridized carbons (Fsp3) is 0.438. The maximum absolute atomic E-state index is 12.3. The lowest BCUT2D eigenvalue weighted by Crippen LogP contribution is -2.38. The van der Waals surface area contributed by atoms with Crippen LogP contribution in [0.3, 0.4) is 0 Å². The number of anilines is 1. The number of rotatable bonds is 4. The maximum Gasteiger partial charge on any atom is 0.267 e. The molecule has 0 aliphatic heterocycles. The number of H-pyrrole nitrogens is 1. The van der Waals surface area contributed by atoms with Crippen molar-refractivity contribution in [1.82, 2.24) is 10.3 Å². The summed E-state index contributed by atoms with van der Waals surface area (Å²) in [7, 11) is 0. The van der Waals surface area contributed by atoms with E-state index in [1.54, 1.807) is 12.1 Å². The van der Waals surface area contributed by atoms with E-state index in [2.05, 4.69) is 10.3 Å². The number of aliphatic hydroxyl groups excluding tert-OH is 1. The Balaban J connectivity index is 1.73. The summed E-state index contributed by atoms with van der Waals surface area (Å²) >= 11 is 0. The van der Waals surface area contributed by atoms with E-state index in [-0.39, 0.29) is 17.9 Å². The van der Waals surface area contributed by atoms with Crippen molar-refractivity contribution < 1.29 is 9.90 Å². The van der Waals surface area contributed by atoms with Gasteiger partial charge in [-0.1, -0.05) is 25.0 Å². The van der Waals surface area contributed by atoms with Crippen LogP contribution in [0.4, 0.5) is 5.69 Å². The van der Waals surface area contributed by atoms with Gasteiger partial charge in [0.15, 0.2) is 0 Å². The fourth-order valence-corrected chi connectivity index (χ4v) is 3.18. The van der Waals surface area contributed by atoms with Gasteiger partial charge in [-0.2, -0.15) is 0 Å². The van der Waals surface area contributed by atoms with E-state index in [9.17, 15) is 9.90 Å². The molecule has 1 aliphatic rings. The molecule has 5 nitrogen and oxygen atoms in total. The SMILES string of the molecule is Nc1cccc2cc(C(=O)NCC3(CO)CCCC3)[nH]c12. The summed E-state index contributed by atoms with van der Waals surface area (Å²) in [6.07, 6.45) is 4.20. The van der Waals surface area contributed by atoms with Crippen LogP contribution < -0.4 is 11.1 Å². The number of benzene rings is 1. The van der Waals surface area contributed by atoms with Crippen LogP contribution in [0.15, 0.2) is 24.3 Å². The van der Waals surface area contributed by atoms with Crippen LogP contribution in [0.5, 0.6) is 0 Å². The second kappa shape index (κ2) is 5.41. The number of carbonyl (C=O) groups is 1. The average Bonchev–Trinajstić information content (AvgIpc) is 3.13. The number of nitrogen functional groups attached to an aromatic ring is 1. The summed E-state index contributed by atoms with van der Waals surface area (Å²) in [6.45, 7) is 0.653. The van der Waals surface area contributed by atoms with E-state index >= 15 is 0 Å². The van der Waals surface area contributed by atoms with E-state index in [4.69, 9.17) is 5.73 Å². The van der Waals surface area contributed by atoms with Crippen molar-refractivity contribution in [2.75, 3.05) is 18.9 Å². The number of aromatic amines is 1. The summed E-state index contributed by atoms with van der Waals surface area (Å²) in [5.41, 5.74) is 7.69. The first-order chi connectivity index (χ1) is 10.1. The molecule has 0 spiro atoms. The Morgan fingerprint density at radius 2 is 2.14 bits per heavy atom. The predicted octanol–water partition coefficient (Wildman–Crippen LogP) is 2.03. The van der Waals surface area contributed by atoms with Crippen LogP contribution in [-0.4, -0.2) is 29.1 Å². The molecule has 1 aliphatic carbocycles. The van der Waals surface area contributed by atoms with Crippen LogP contribution in [-0.2, 0) is 0 Å². The zero-order chi connectivity index (χ0) is 14.9. The van der Waals surface area contributed by atoms with E-state index in [1.165, 1.54) is 0 Å². The number of hydrogen-bond donors (Lipinski definition) is 4. The molecule has 5 heteroatoms. The maximum atomic E-state index is 12.3. The molecule has 21 heavy (non-hydrogen) atoms. The van der Waals surface area contributed by atoms with Gasteiger partial charge in [-0.15, -0.1) is 0 Å². The monoisotopic (exact) mass is 287 g/mol. The minimum Gasteiger partial charge on any atom is -0.397 e. The normalized spacial score (nSPS) is 17.2. The Morgan fingerprint density at radius 3 is 2.81 bits per heavy atom. The molecule has 0 unspecified atom stereocenters. The Kier molecular flexibility index (Phi) is 3.59. The Bertz CT molecular complexity index is 657. The minimum atomic E-state index is -0.148. The number of para-hydroxylation sites is 1. The Labute approximate surface area is 123 Å². The van der Waals surface area contributed by atoms with E-state index in [0.29, 0.717) is 17.9 Å². The van der Waals surface area contributed by atoms with E-state index in [0.717, 1.165) is 36.6 Å². The molecule has 3 rings (SSSR count). The molecule has 0 bridgehead atoms. The molecule has 1 amide bonds. The summed E-state index contributed by atoms with van der Waals surface area (Å²) < 4.78 is 0. The zero-order valence-corrected chi connectivity index (χ0v) is 12.0. The molecule has 5 N–H and O–H groups in total. The Hall–Kier alpha value is -2.01. The van der Waals surface area contributed by atoms with Crippen molar-refractivity contribution in [2.45, 2.75) is 25.7 Å². The molecule has 0 radical (unpaired) electrons. The number of nitrogens with two attached hydrogens (primary N) is 1. The topological polar surface area (TPSA) is 91.1 Å². The number of nitrogens with one attached hydrogen (secondary N) is 2. The first-order valence-corrected chi connectivity index (χ1v) is 7.40. The van der Waals surface area contributed by atoms with Gasteiger partial charge >= 0.3 is 0 Å². The number of amides is 1. The zero-order valence-electron chi connectivity index (χ0n) is 12.0. The van der Waals surface area contributed by atoms with Gasteiger partial charge in [0, 0.05) is 17.3 Å². The summed E-state index contributed by atoms with van der Waals surface area (Å²) in [6, 6.07) is 7.40. The van der Waals surface area contributed by atoms with Crippen LogP contribution in [0.2, 0.25) is 0 Å². The molecule has 0 atom stereocenters. The molecule has 1 heterocycles. The Morgan fingerprint density at radius 1 is 1.38 bits per heavy atom. The van der Waals surface area contributed by atoms with Crippen molar-refractivity contribution in [3.05, 3.63) is 30.0 Å². The highest BCUT2D eigenvalue weighted by Crippen LogP contribution is 2.36. The molecule has 1 fully saturated rings. The van der Waals surface area contributed by atoms with Crippen molar-refractivity contribution in [2.24, 2.45) is 5.41 Å². The van der Waals surface area contributed by atoms with E-state index in [1.807, 2.05) is 12.1 Å². The first kappa shape index (κ1) is 13.9. The molecule has 2 aromatic rings. The third-order valence-corrected chi connectivity index (χ3v) is 4.56. The second-order valence-corrected chi connectivity index (χ2v) is 6.04. The number of fused-ring (bicyclic) bond motifs is 1. The molecule has 0 saturated heterocycles. The van der Waals surface area contributed by atoms with Crippen LogP contribution in [0.1, 0.15) is 36.2 Å². The number of aromatic nitrogens is 1. The molecular weight excluding hydrogens is 266 g/mol. The van der Waals surface area contributed by atoms with Crippen LogP contribution in [0.25, 0.3) is 10.9 Å². The highest BCUT2D eigenvalue weighted by atomic mass is 16.3. The van der Waals surface area contributed by atoms with Gasteiger partial charge in [-0.3, -0.25) is 4.79 Å². The average molecular weight is 287 g/mol. The highest BCUT2D eigenvalue weighted by Gasteiger charge is 2.33. The lowest BCUT2D eigenvalue weighted by molar-refractivity contribution is 0.0877. The molecule has 112 valence electrons. The van der Waals surface area contributed by atoms with Crippen LogP contribution in [0, 0.1) is 5.41 Å². The second-order valence-electron chi connectivity index (χ2n) is 6.04. The van der Waals surface area contributed by atoms with E-state index < -0.39 is 0 Å². The summed E-state index contributed by atoms with van der Waals surface area (Å²) in [5, 5.41) is 13.4. The third-order valence-electron chi connectivity index (χ3n) is 4.56. The first-order valence-electron chi connectivity index (χ1n) is 7.40. The third kappa shape index (κ3) is 2.61. The smallest absolute Gasteiger partial charge is 0.267 e. The predicted molar refractivity (Wildman–Crippen MR) is 83.0 cm³/mol. The van der Waals surface area contributed by atoms with Gasteiger partial charge in [-0.25, -0.2) is 0 Å². The van der Waals surface area contributed by atoms with Gasteiger partial charge in [0.05, 0.1) is 17.8 Å². The molecule has 1 aromatic carbocycles. The highest BCUT2D eigenvalue weighted by molar-refractivity contribution is 6.00. The number of hydrogen-bond acceptors (Lipinski definition) is 3. The van der Waals surface area contributed by atoms with Crippen LogP contribution >= 0.6 is 0 Å². The lowest BCUT2D eigenvalue weighted by atomic mass is 9.87. The van der Waals surface area contributed by atoms with Gasteiger partial charge in [-0.05, 0) is 25.0 Å². The lowest BCUT2D eigenvalue weighted by Gasteiger charge is -2.26. The molecular formula is C16H21N3O2. The van der Waals surface area contributed by atoms with Crippen molar-refractivity contribution in [3.63, 3.8) is 0 Å². The van der Waals surface area contributed by atoms with Gasteiger partial charge < -0.3 is 21.1 Å². The molecule has 1 aromatic heterocycles. The summed E-state index contributed by atoms with van der Waals surface area (Å²) in [4.78, 5) is 15.3. The van der Waals surface area contributed by atoms with Crippen molar-refractivity contribution in [1.29, 1.82) is 0 Å². The quantitative estimate of drug-likeness (QED) is 0.648. The van der Waals surface area contributed by atoms with Gasteiger partial charge in [0.2, 0.25) is 0 Å². The van der Waals surface area contributed by atoms with Gasteiger partial charge in [0.25, 0.3) is 5.91 Å². The largest absolute Gasteiger partial charge is 0.397 e.